The number of esters is 1. The van der Waals surface area contributed by atoms with E-state index in [-0.39, 0.29) is 47.2 Å². The first-order valence-electron chi connectivity index (χ1n) is 13.6. The van der Waals surface area contributed by atoms with Crippen molar-refractivity contribution in [2.24, 2.45) is 34.5 Å². The summed E-state index contributed by atoms with van der Waals surface area (Å²) in [6, 6.07) is -0.348. The monoisotopic (exact) mass is 509 g/mol. The first-order valence-corrected chi connectivity index (χ1v) is 13.6. The minimum absolute atomic E-state index is 0.0164. The summed E-state index contributed by atoms with van der Waals surface area (Å²) in [4.78, 5) is 14.7. The summed E-state index contributed by atoms with van der Waals surface area (Å²) in [5.41, 5.74) is -3.41. The first-order chi connectivity index (χ1) is 17.2. The van der Waals surface area contributed by atoms with Gasteiger partial charge in [0.05, 0.1) is 31.0 Å². The molecule has 0 aromatic rings. The largest absolute Gasteiger partial charge is 0.462 e. The van der Waals surface area contributed by atoms with Crippen LogP contribution in [0.5, 0.6) is 0 Å². The minimum Gasteiger partial charge on any atom is -0.462 e. The molecule has 36 heavy (non-hydrogen) atoms. The zero-order valence-electron chi connectivity index (χ0n) is 22.4. The molecule has 1 heterocycles. The van der Waals surface area contributed by atoms with E-state index in [1.807, 2.05) is 0 Å². The van der Waals surface area contributed by atoms with Gasteiger partial charge in [-0.3, -0.25) is 9.69 Å². The number of fused-ring (bicyclic) bond motifs is 2. The van der Waals surface area contributed by atoms with Crippen molar-refractivity contribution in [1.82, 2.24) is 4.90 Å². The van der Waals surface area contributed by atoms with E-state index in [9.17, 15) is 15.0 Å². The van der Waals surface area contributed by atoms with E-state index in [0.29, 0.717) is 19.4 Å². The van der Waals surface area contributed by atoms with E-state index in [4.69, 9.17) is 23.7 Å². The number of rotatable bonds is 7. The van der Waals surface area contributed by atoms with Crippen LogP contribution >= 0.6 is 0 Å². The molecule has 1 aliphatic heterocycles. The van der Waals surface area contributed by atoms with Crippen molar-refractivity contribution in [2.75, 3.05) is 48.1 Å². The van der Waals surface area contributed by atoms with E-state index in [1.165, 1.54) is 6.92 Å². The Hall–Kier alpha value is -0.810. The van der Waals surface area contributed by atoms with Crippen molar-refractivity contribution in [3.63, 3.8) is 0 Å². The highest BCUT2D eigenvalue weighted by molar-refractivity contribution is 5.66. The highest BCUT2D eigenvalue weighted by Crippen LogP contribution is 2.80. The molecule has 0 aromatic carbocycles. The SMILES string of the molecule is CCN1C[C@]2(COC)CC[C@H](O)[C@@]34[C@@H]5C[C@@H]6[C@H](OC(C)=O)[C@@H]5[C@](OC)(C[C@@H]6OC)[C@](O)([C@@H](OC)[C@H]23)[C@@H]14. The van der Waals surface area contributed by atoms with Crippen molar-refractivity contribution >= 4 is 5.97 Å². The van der Waals surface area contributed by atoms with Crippen molar-refractivity contribution in [3.8, 4) is 0 Å². The molecule has 0 radical (unpaired) electrons. The van der Waals surface area contributed by atoms with Crippen LogP contribution in [0.1, 0.15) is 39.5 Å². The normalized spacial score (nSPS) is 56.6. The summed E-state index contributed by atoms with van der Waals surface area (Å²) in [5.74, 6) is -0.764. The lowest BCUT2D eigenvalue weighted by molar-refractivity contribution is -0.324. The maximum atomic E-state index is 13.3. The Morgan fingerprint density at radius 2 is 1.92 bits per heavy atom. The summed E-state index contributed by atoms with van der Waals surface area (Å²) in [6.45, 7) is 5.63. The van der Waals surface area contributed by atoms with Gasteiger partial charge in [0.15, 0.2) is 0 Å². The molecule has 2 N–H and O–H groups in total. The van der Waals surface area contributed by atoms with Crippen LogP contribution in [-0.4, -0.2) is 111 Å². The quantitative estimate of drug-likeness (QED) is 0.483. The summed E-state index contributed by atoms with van der Waals surface area (Å²) >= 11 is 0. The molecule has 0 unspecified atom stereocenters. The Labute approximate surface area is 213 Å². The van der Waals surface area contributed by atoms with Gasteiger partial charge >= 0.3 is 5.97 Å². The molecule has 7 bridgehead atoms. The lowest BCUT2D eigenvalue weighted by Gasteiger charge is -2.70. The smallest absolute Gasteiger partial charge is 0.302 e. The number of hydrogen-bond donors (Lipinski definition) is 2. The molecule has 204 valence electrons. The zero-order valence-corrected chi connectivity index (χ0v) is 22.4. The Bertz CT molecular complexity index is 918. The number of hydrogen-bond acceptors (Lipinski definition) is 9. The minimum atomic E-state index is -1.44. The number of likely N-dealkylation sites (N-methyl/N-ethyl adjacent to an activating group) is 1. The molecule has 6 fully saturated rings. The number of methoxy groups -OCH3 is 4. The number of aliphatic hydroxyl groups is 2. The van der Waals surface area contributed by atoms with Crippen LogP contribution in [0.3, 0.4) is 0 Å². The van der Waals surface area contributed by atoms with Gasteiger partial charge in [-0.15, -0.1) is 0 Å². The predicted octanol–water partition coefficient (Wildman–Crippen LogP) is 0.842. The van der Waals surface area contributed by atoms with E-state index in [0.717, 1.165) is 25.9 Å². The lowest BCUT2D eigenvalue weighted by Crippen LogP contribution is -2.82. The first kappa shape index (κ1) is 25.5. The number of aliphatic hydroxyl groups excluding tert-OH is 1. The number of piperidine rings is 1. The number of carbonyl (C=O) groups excluding carboxylic acids is 1. The number of ether oxygens (including phenoxy) is 5. The predicted molar refractivity (Wildman–Crippen MR) is 128 cm³/mol. The molecule has 9 heteroatoms. The van der Waals surface area contributed by atoms with Crippen LogP contribution in [0.4, 0.5) is 0 Å². The Balaban J connectivity index is 1.67. The van der Waals surface area contributed by atoms with Crippen molar-refractivity contribution in [3.05, 3.63) is 0 Å². The lowest BCUT2D eigenvalue weighted by atomic mass is 9.42. The van der Waals surface area contributed by atoms with Crippen LogP contribution in [0.2, 0.25) is 0 Å². The van der Waals surface area contributed by atoms with Gasteiger partial charge in [-0.25, -0.2) is 0 Å². The van der Waals surface area contributed by atoms with Gasteiger partial charge in [0.2, 0.25) is 0 Å². The molecule has 0 aromatic heterocycles. The van der Waals surface area contributed by atoms with E-state index < -0.39 is 34.9 Å². The van der Waals surface area contributed by atoms with Crippen LogP contribution in [0.25, 0.3) is 0 Å². The van der Waals surface area contributed by atoms with Gasteiger partial charge in [-0.2, -0.15) is 0 Å². The van der Waals surface area contributed by atoms with Gasteiger partial charge in [-0.1, -0.05) is 6.92 Å². The van der Waals surface area contributed by atoms with Gasteiger partial charge < -0.3 is 33.9 Å². The molecule has 13 atom stereocenters. The maximum absolute atomic E-state index is 13.3. The van der Waals surface area contributed by atoms with Crippen molar-refractivity contribution in [2.45, 2.75) is 81.2 Å². The standard InChI is InChI=1S/C27H43NO8/c1-7-28-12-24(13-32-3)9-8-18(30)26-16-10-15-17(33-4)11-25(35-6,19(16)20(15)36-14(2)29)27(31,23(26)28)22(34-5)21(24)26/h15-23,30-31H,7-13H2,1-6H3/t15-,16+,17-,18-,19+,20-,21+,22-,23-,24-,25+,26-,27-/m0/s1. The molecule has 1 spiro atoms. The highest BCUT2D eigenvalue weighted by Gasteiger charge is 2.92. The van der Waals surface area contributed by atoms with E-state index in [2.05, 4.69) is 11.8 Å². The fourth-order valence-corrected chi connectivity index (χ4v) is 11.4. The van der Waals surface area contributed by atoms with Crippen molar-refractivity contribution in [1.29, 1.82) is 0 Å². The summed E-state index contributed by atoms with van der Waals surface area (Å²) < 4.78 is 30.8. The molecular formula is C27H43NO8. The third-order valence-corrected chi connectivity index (χ3v) is 11.8. The van der Waals surface area contributed by atoms with Crippen molar-refractivity contribution < 1.29 is 38.7 Å². The zero-order chi connectivity index (χ0) is 25.8. The average molecular weight is 510 g/mol. The van der Waals surface area contributed by atoms with Gasteiger partial charge in [0, 0.05) is 76.9 Å². The Morgan fingerprint density at radius 3 is 2.50 bits per heavy atom. The molecule has 1 saturated heterocycles. The molecule has 6 aliphatic rings. The molecular weight excluding hydrogens is 466 g/mol. The molecule has 6 rings (SSSR count). The summed E-state index contributed by atoms with van der Waals surface area (Å²) in [5, 5.41) is 25.4. The average Bonchev–Trinajstić information content (AvgIpc) is 3.22. The van der Waals surface area contributed by atoms with Crippen LogP contribution in [0.15, 0.2) is 0 Å². The third kappa shape index (κ3) is 2.50. The van der Waals surface area contributed by atoms with Gasteiger partial charge in [0.25, 0.3) is 0 Å². The van der Waals surface area contributed by atoms with Gasteiger partial charge in [0.1, 0.15) is 17.3 Å². The summed E-state index contributed by atoms with van der Waals surface area (Å²) in [7, 11) is 6.77. The van der Waals surface area contributed by atoms with E-state index in [1.54, 1.807) is 28.4 Å². The van der Waals surface area contributed by atoms with Gasteiger partial charge in [-0.05, 0) is 31.7 Å². The van der Waals surface area contributed by atoms with E-state index >= 15 is 0 Å². The Kier molecular flexibility index (Phi) is 5.73. The fraction of sp³-hybridized carbons (Fsp3) is 0.963. The molecule has 5 saturated carbocycles. The Morgan fingerprint density at radius 1 is 1.17 bits per heavy atom. The van der Waals surface area contributed by atoms with Crippen LogP contribution in [0, 0.1) is 34.5 Å². The number of nitrogens with zero attached hydrogens (tertiary/aromatic N) is 1. The highest BCUT2D eigenvalue weighted by atomic mass is 16.6. The second-order valence-electron chi connectivity index (χ2n) is 12.5. The third-order valence-electron chi connectivity index (χ3n) is 11.8. The second-order valence-corrected chi connectivity index (χ2v) is 12.5. The number of likely N-dealkylation sites (tertiary alicyclic amines) is 1. The topological polar surface area (TPSA) is 107 Å². The molecule has 0 amide bonds. The van der Waals surface area contributed by atoms with Crippen LogP contribution < -0.4 is 0 Å². The summed E-state index contributed by atoms with van der Waals surface area (Å²) in [6.07, 6.45) is 0.828. The van der Waals surface area contributed by atoms with Crippen LogP contribution in [-0.2, 0) is 28.5 Å². The molecule has 9 nitrogen and oxygen atoms in total. The maximum Gasteiger partial charge on any atom is 0.302 e. The second kappa shape index (κ2) is 8.10. The molecule has 5 aliphatic carbocycles. The number of carbonyl (C=O) groups is 1. The fourth-order valence-electron chi connectivity index (χ4n) is 11.4.